The zero-order valence-corrected chi connectivity index (χ0v) is 12.0. The fourth-order valence-corrected chi connectivity index (χ4v) is 1.84. The standard InChI is InChI=1S/C13H22N4O3/c1-3-16(4-2)8-5-7-14-12(18)10-17-9-6-11(15-17)13(19)20/h6,9H,3-5,7-8,10H2,1-2H3,(H,14,18)(H,19,20). The Bertz CT molecular complexity index is 441. The molecule has 0 bridgehead atoms. The molecule has 0 aromatic carbocycles. The lowest BCUT2D eigenvalue weighted by atomic mass is 10.3. The van der Waals surface area contributed by atoms with E-state index in [4.69, 9.17) is 5.11 Å². The quantitative estimate of drug-likeness (QED) is 0.641. The molecule has 0 aliphatic carbocycles. The monoisotopic (exact) mass is 282 g/mol. The van der Waals surface area contributed by atoms with E-state index in [0.717, 1.165) is 26.1 Å². The van der Waals surface area contributed by atoms with Gasteiger partial charge in [0, 0.05) is 12.7 Å². The van der Waals surface area contributed by atoms with Gasteiger partial charge in [-0.2, -0.15) is 5.10 Å². The summed E-state index contributed by atoms with van der Waals surface area (Å²) in [4.78, 5) is 24.6. The van der Waals surface area contributed by atoms with E-state index in [2.05, 4.69) is 29.2 Å². The highest BCUT2D eigenvalue weighted by molar-refractivity contribution is 5.85. The van der Waals surface area contributed by atoms with Crippen molar-refractivity contribution in [1.29, 1.82) is 0 Å². The van der Waals surface area contributed by atoms with Gasteiger partial charge < -0.3 is 15.3 Å². The summed E-state index contributed by atoms with van der Waals surface area (Å²) in [5, 5.41) is 15.3. The number of carboxylic acid groups (broad SMARTS) is 1. The maximum atomic E-state index is 11.6. The number of aromatic carboxylic acids is 1. The molecule has 20 heavy (non-hydrogen) atoms. The number of aromatic nitrogens is 2. The lowest BCUT2D eigenvalue weighted by Crippen LogP contribution is -2.32. The molecular weight excluding hydrogens is 260 g/mol. The van der Waals surface area contributed by atoms with Crippen molar-refractivity contribution in [3.63, 3.8) is 0 Å². The average Bonchev–Trinajstić information content (AvgIpc) is 2.87. The van der Waals surface area contributed by atoms with Crippen molar-refractivity contribution in [1.82, 2.24) is 20.0 Å². The number of hydrogen-bond donors (Lipinski definition) is 2. The number of amides is 1. The first kappa shape index (κ1) is 16.2. The van der Waals surface area contributed by atoms with Gasteiger partial charge in [0.05, 0.1) is 0 Å². The predicted octanol–water partition coefficient (Wildman–Crippen LogP) is 0.429. The van der Waals surface area contributed by atoms with E-state index in [9.17, 15) is 9.59 Å². The molecule has 0 spiro atoms. The Morgan fingerprint density at radius 3 is 2.65 bits per heavy atom. The summed E-state index contributed by atoms with van der Waals surface area (Å²) >= 11 is 0. The normalized spacial score (nSPS) is 10.8. The first-order chi connectivity index (χ1) is 9.56. The van der Waals surface area contributed by atoms with Gasteiger partial charge in [0.2, 0.25) is 5.91 Å². The van der Waals surface area contributed by atoms with Crippen molar-refractivity contribution in [3.05, 3.63) is 18.0 Å². The zero-order chi connectivity index (χ0) is 15.0. The predicted molar refractivity (Wildman–Crippen MR) is 74.6 cm³/mol. The van der Waals surface area contributed by atoms with Crippen LogP contribution >= 0.6 is 0 Å². The highest BCUT2D eigenvalue weighted by Crippen LogP contribution is 1.95. The van der Waals surface area contributed by atoms with Gasteiger partial charge in [-0.3, -0.25) is 9.48 Å². The molecule has 2 N–H and O–H groups in total. The lowest BCUT2D eigenvalue weighted by Gasteiger charge is -2.17. The summed E-state index contributed by atoms with van der Waals surface area (Å²) < 4.78 is 1.32. The van der Waals surface area contributed by atoms with Crippen LogP contribution in [-0.4, -0.2) is 57.8 Å². The number of hydrogen-bond acceptors (Lipinski definition) is 4. The number of rotatable bonds is 9. The Kier molecular flexibility index (Phi) is 6.72. The second-order valence-electron chi connectivity index (χ2n) is 4.43. The Hall–Kier alpha value is -1.89. The van der Waals surface area contributed by atoms with E-state index >= 15 is 0 Å². The third-order valence-electron chi connectivity index (χ3n) is 3.03. The minimum absolute atomic E-state index is 0.0402. The second-order valence-corrected chi connectivity index (χ2v) is 4.43. The smallest absolute Gasteiger partial charge is 0.356 e. The van der Waals surface area contributed by atoms with Gasteiger partial charge in [-0.15, -0.1) is 0 Å². The SMILES string of the molecule is CCN(CC)CCCNC(=O)Cn1ccc(C(=O)O)n1. The van der Waals surface area contributed by atoms with Crippen LogP contribution in [0.3, 0.4) is 0 Å². The minimum Gasteiger partial charge on any atom is -0.476 e. The van der Waals surface area contributed by atoms with Gasteiger partial charge in [-0.1, -0.05) is 13.8 Å². The van der Waals surface area contributed by atoms with E-state index in [1.54, 1.807) is 0 Å². The third-order valence-corrected chi connectivity index (χ3v) is 3.03. The van der Waals surface area contributed by atoms with Crippen LogP contribution in [0.5, 0.6) is 0 Å². The number of nitrogens with zero attached hydrogens (tertiary/aromatic N) is 3. The summed E-state index contributed by atoms with van der Waals surface area (Å²) in [6.45, 7) is 7.85. The molecule has 1 amide bonds. The van der Waals surface area contributed by atoms with Gasteiger partial charge in [0.25, 0.3) is 0 Å². The van der Waals surface area contributed by atoms with Gasteiger partial charge in [-0.05, 0) is 32.1 Å². The highest BCUT2D eigenvalue weighted by Gasteiger charge is 2.09. The van der Waals surface area contributed by atoms with Gasteiger partial charge >= 0.3 is 5.97 Å². The van der Waals surface area contributed by atoms with Crippen molar-refractivity contribution in [2.45, 2.75) is 26.8 Å². The largest absolute Gasteiger partial charge is 0.476 e. The molecule has 7 nitrogen and oxygen atoms in total. The maximum absolute atomic E-state index is 11.6. The number of carbonyl (C=O) groups is 2. The van der Waals surface area contributed by atoms with E-state index in [1.807, 2.05) is 0 Å². The van der Waals surface area contributed by atoms with Crippen molar-refractivity contribution < 1.29 is 14.7 Å². The third kappa shape index (κ3) is 5.40. The molecule has 1 aromatic heterocycles. The zero-order valence-electron chi connectivity index (χ0n) is 12.0. The van der Waals surface area contributed by atoms with Crippen molar-refractivity contribution in [2.24, 2.45) is 0 Å². The van der Waals surface area contributed by atoms with E-state index in [1.165, 1.54) is 16.9 Å². The van der Waals surface area contributed by atoms with E-state index in [-0.39, 0.29) is 18.1 Å². The lowest BCUT2D eigenvalue weighted by molar-refractivity contribution is -0.121. The Balaban J connectivity index is 2.24. The summed E-state index contributed by atoms with van der Waals surface area (Å²) in [5.74, 6) is -1.26. The number of carboxylic acids is 1. The van der Waals surface area contributed by atoms with Crippen molar-refractivity contribution >= 4 is 11.9 Å². The van der Waals surface area contributed by atoms with Crippen molar-refractivity contribution in [2.75, 3.05) is 26.2 Å². The highest BCUT2D eigenvalue weighted by atomic mass is 16.4. The first-order valence-corrected chi connectivity index (χ1v) is 6.82. The van der Waals surface area contributed by atoms with Crippen LogP contribution in [0.4, 0.5) is 0 Å². The topological polar surface area (TPSA) is 87.5 Å². The minimum atomic E-state index is -1.09. The molecule has 0 radical (unpaired) electrons. The molecule has 0 saturated heterocycles. The molecule has 1 rings (SSSR count). The maximum Gasteiger partial charge on any atom is 0.356 e. The van der Waals surface area contributed by atoms with E-state index in [0.29, 0.717) is 6.54 Å². The van der Waals surface area contributed by atoms with Crippen LogP contribution in [0.25, 0.3) is 0 Å². The molecule has 1 heterocycles. The molecule has 112 valence electrons. The van der Waals surface area contributed by atoms with Crippen LogP contribution < -0.4 is 5.32 Å². The van der Waals surface area contributed by atoms with Crippen molar-refractivity contribution in [3.8, 4) is 0 Å². The van der Waals surface area contributed by atoms with Gasteiger partial charge in [0.1, 0.15) is 6.54 Å². The molecule has 0 unspecified atom stereocenters. The number of carbonyl (C=O) groups excluding carboxylic acids is 1. The average molecular weight is 282 g/mol. The van der Waals surface area contributed by atoms with Crippen LogP contribution in [0, 0.1) is 0 Å². The summed E-state index contributed by atoms with van der Waals surface area (Å²) in [5.41, 5.74) is -0.0562. The van der Waals surface area contributed by atoms with E-state index < -0.39 is 5.97 Å². The van der Waals surface area contributed by atoms with Crippen LogP contribution in [0.2, 0.25) is 0 Å². The summed E-state index contributed by atoms with van der Waals surface area (Å²) in [7, 11) is 0. The van der Waals surface area contributed by atoms with Crippen LogP contribution in [0.1, 0.15) is 30.8 Å². The van der Waals surface area contributed by atoms with Gasteiger partial charge in [-0.25, -0.2) is 4.79 Å². The molecule has 0 fully saturated rings. The van der Waals surface area contributed by atoms with Crippen LogP contribution in [0.15, 0.2) is 12.3 Å². The van der Waals surface area contributed by atoms with Crippen LogP contribution in [-0.2, 0) is 11.3 Å². The molecule has 0 aliphatic heterocycles. The molecule has 7 heteroatoms. The van der Waals surface area contributed by atoms with Gasteiger partial charge in [0.15, 0.2) is 5.69 Å². The summed E-state index contributed by atoms with van der Waals surface area (Å²) in [6.07, 6.45) is 2.38. The first-order valence-electron chi connectivity index (χ1n) is 6.82. The fraction of sp³-hybridized carbons (Fsp3) is 0.615. The second kappa shape index (κ2) is 8.31. The summed E-state index contributed by atoms with van der Waals surface area (Å²) in [6, 6.07) is 1.37. The molecular formula is C13H22N4O3. The Morgan fingerprint density at radius 1 is 1.40 bits per heavy atom. The fourth-order valence-electron chi connectivity index (χ4n) is 1.84. The molecule has 1 aromatic rings. The Labute approximate surface area is 118 Å². The Morgan fingerprint density at radius 2 is 2.10 bits per heavy atom. The molecule has 0 atom stereocenters. The molecule has 0 saturated carbocycles. The number of nitrogens with one attached hydrogen (secondary N) is 1. The molecule has 0 aliphatic rings.